The zero-order valence-electron chi connectivity index (χ0n) is 9.71. The van der Waals surface area contributed by atoms with Gasteiger partial charge in [-0.05, 0) is 29.6 Å². The molecule has 0 saturated carbocycles. The largest absolute Gasteiger partial charge is 0.507 e. The third-order valence-corrected chi connectivity index (χ3v) is 3.94. The van der Waals surface area contributed by atoms with E-state index >= 15 is 0 Å². The third kappa shape index (κ3) is 2.69. The van der Waals surface area contributed by atoms with Crippen molar-refractivity contribution in [3.8, 4) is 17.2 Å². The van der Waals surface area contributed by atoms with Gasteiger partial charge < -0.3 is 9.63 Å². The fraction of sp³-hybridized carbons (Fsp3) is 0.0769. The topological polar surface area (TPSA) is 59.2 Å². The molecular weight excluding hydrogens is 328 g/mol. The quantitative estimate of drug-likeness (QED) is 0.788. The van der Waals surface area contributed by atoms with E-state index in [0.717, 1.165) is 4.47 Å². The van der Waals surface area contributed by atoms with Crippen molar-refractivity contribution < 1.29 is 9.63 Å². The van der Waals surface area contributed by atoms with Crippen LogP contribution in [0.3, 0.4) is 0 Å². The molecule has 0 aliphatic carbocycles. The van der Waals surface area contributed by atoms with Crippen LogP contribution in [-0.2, 0) is 6.42 Å². The molecule has 0 unspecified atom stereocenters. The van der Waals surface area contributed by atoms with Gasteiger partial charge in [0.15, 0.2) is 5.82 Å². The minimum atomic E-state index is 0.120. The van der Waals surface area contributed by atoms with Crippen molar-refractivity contribution in [2.24, 2.45) is 0 Å². The van der Waals surface area contributed by atoms with Crippen molar-refractivity contribution in [2.45, 2.75) is 6.42 Å². The predicted molar refractivity (Wildman–Crippen MR) is 76.2 cm³/mol. The molecule has 96 valence electrons. The van der Waals surface area contributed by atoms with E-state index in [1.165, 1.54) is 4.88 Å². The highest BCUT2D eigenvalue weighted by molar-refractivity contribution is 9.10. The molecule has 3 rings (SSSR count). The first-order valence-electron chi connectivity index (χ1n) is 5.56. The Morgan fingerprint density at radius 1 is 1.32 bits per heavy atom. The molecule has 6 heteroatoms. The highest BCUT2D eigenvalue weighted by Gasteiger charge is 2.13. The standard InChI is InChI=1S/C13H9BrN2O2S/c14-8-3-4-11(17)10(6-8)13-15-12(16-18-13)7-9-2-1-5-19-9/h1-6,17H,7H2. The Kier molecular flexibility index (Phi) is 3.35. The van der Waals surface area contributed by atoms with Crippen LogP contribution in [-0.4, -0.2) is 15.2 Å². The lowest BCUT2D eigenvalue weighted by Crippen LogP contribution is -1.87. The van der Waals surface area contributed by atoms with Crippen LogP contribution in [0.5, 0.6) is 5.75 Å². The van der Waals surface area contributed by atoms with Gasteiger partial charge >= 0.3 is 0 Å². The highest BCUT2D eigenvalue weighted by Crippen LogP contribution is 2.30. The Morgan fingerprint density at radius 2 is 2.21 bits per heavy atom. The first kappa shape index (κ1) is 12.4. The summed E-state index contributed by atoms with van der Waals surface area (Å²) in [6.07, 6.45) is 0.635. The van der Waals surface area contributed by atoms with Gasteiger partial charge in [0, 0.05) is 15.8 Å². The van der Waals surface area contributed by atoms with E-state index in [-0.39, 0.29) is 5.75 Å². The van der Waals surface area contributed by atoms with Crippen LogP contribution in [0.25, 0.3) is 11.5 Å². The number of nitrogens with zero attached hydrogens (tertiary/aromatic N) is 2. The molecule has 4 nitrogen and oxygen atoms in total. The van der Waals surface area contributed by atoms with Gasteiger partial charge in [0.25, 0.3) is 5.89 Å². The van der Waals surface area contributed by atoms with Crippen molar-refractivity contribution >= 4 is 27.3 Å². The number of aromatic nitrogens is 2. The van der Waals surface area contributed by atoms with Gasteiger partial charge in [-0.25, -0.2) is 0 Å². The van der Waals surface area contributed by atoms with Gasteiger partial charge in [0.1, 0.15) is 5.75 Å². The van der Waals surface area contributed by atoms with E-state index in [4.69, 9.17) is 4.52 Å². The molecule has 2 aromatic heterocycles. The molecule has 0 aliphatic heterocycles. The van der Waals surface area contributed by atoms with E-state index in [2.05, 4.69) is 26.1 Å². The molecule has 2 heterocycles. The highest BCUT2D eigenvalue weighted by atomic mass is 79.9. The molecule has 0 bridgehead atoms. The minimum absolute atomic E-state index is 0.120. The molecule has 0 saturated heterocycles. The fourth-order valence-electron chi connectivity index (χ4n) is 1.68. The monoisotopic (exact) mass is 336 g/mol. The van der Waals surface area contributed by atoms with Gasteiger partial charge in [-0.1, -0.05) is 27.2 Å². The van der Waals surface area contributed by atoms with Crippen molar-refractivity contribution in [1.82, 2.24) is 10.1 Å². The summed E-state index contributed by atoms with van der Waals surface area (Å²) >= 11 is 5.00. The van der Waals surface area contributed by atoms with Gasteiger partial charge in [-0.2, -0.15) is 4.98 Å². The Hall–Kier alpha value is -1.66. The zero-order chi connectivity index (χ0) is 13.2. The number of rotatable bonds is 3. The third-order valence-electron chi connectivity index (χ3n) is 2.57. The second kappa shape index (κ2) is 5.14. The number of hydrogen-bond donors (Lipinski definition) is 1. The maximum absolute atomic E-state index is 9.81. The van der Waals surface area contributed by atoms with Crippen molar-refractivity contribution in [3.63, 3.8) is 0 Å². The number of halogens is 1. The Balaban J connectivity index is 1.90. The van der Waals surface area contributed by atoms with Crippen LogP contribution in [0.15, 0.2) is 44.7 Å². The van der Waals surface area contributed by atoms with Crippen LogP contribution >= 0.6 is 27.3 Å². The number of hydrogen-bond acceptors (Lipinski definition) is 5. The molecule has 0 fully saturated rings. The summed E-state index contributed by atoms with van der Waals surface area (Å²) in [7, 11) is 0. The van der Waals surface area contributed by atoms with Crippen LogP contribution in [0, 0.1) is 0 Å². The molecule has 1 N–H and O–H groups in total. The summed E-state index contributed by atoms with van der Waals surface area (Å²) in [5, 5.41) is 15.8. The maximum Gasteiger partial charge on any atom is 0.261 e. The lowest BCUT2D eigenvalue weighted by molar-refractivity contribution is 0.418. The van der Waals surface area contributed by atoms with Crippen LogP contribution < -0.4 is 0 Å². The predicted octanol–water partition coefficient (Wildman–Crippen LogP) is 3.86. The first-order chi connectivity index (χ1) is 9.22. The Labute approximate surface area is 121 Å². The zero-order valence-corrected chi connectivity index (χ0v) is 12.1. The lowest BCUT2D eigenvalue weighted by atomic mass is 10.2. The molecule has 0 radical (unpaired) electrons. The normalized spacial score (nSPS) is 10.8. The van der Waals surface area contributed by atoms with Crippen molar-refractivity contribution in [2.75, 3.05) is 0 Å². The van der Waals surface area contributed by atoms with Gasteiger partial charge in [0.2, 0.25) is 0 Å². The number of benzene rings is 1. The molecule has 0 atom stereocenters. The number of phenols is 1. The molecule has 3 aromatic rings. The van der Waals surface area contributed by atoms with Gasteiger partial charge in [-0.3, -0.25) is 0 Å². The molecule has 1 aromatic carbocycles. The van der Waals surface area contributed by atoms with E-state index in [1.54, 1.807) is 29.5 Å². The molecule has 0 spiro atoms. The van der Waals surface area contributed by atoms with Crippen molar-refractivity contribution in [1.29, 1.82) is 0 Å². The maximum atomic E-state index is 9.81. The van der Waals surface area contributed by atoms with E-state index in [9.17, 15) is 5.11 Å². The first-order valence-corrected chi connectivity index (χ1v) is 7.23. The SMILES string of the molecule is Oc1ccc(Br)cc1-c1nc(Cc2cccs2)no1. The molecule has 0 amide bonds. The summed E-state index contributed by atoms with van der Waals surface area (Å²) in [5.41, 5.74) is 0.527. The Bertz CT molecular complexity index is 694. The van der Waals surface area contributed by atoms with E-state index in [0.29, 0.717) is 23.7 Å². The summed E-state index contributed by atoms with van der Waals surface area (Å²) in [6, 6.07) is 9.10. The van der Waals surface area contributed by atoms with Crippen LogP contribution in [0.1, 0.15) is 10.7 Å². The average molecular weight is 337 g/mol. The summed E-state index contributed by atoms with van der Waals surface area (Å²) in [6.45, 7) is 0. The Morgan fingerprint density at radius 3 is 3.00 bits per heavy atom. The van der Waals surface area contributed by atoms with Gasteiger partial charge in [0.05, 0.1) is 5.56 Å². The van der Waals surface area contributed by atoms with Gasteiger partial charge in [-0.15, -0.1) is 11.3 Å². The second-order valence-corrected chi connectivity index (χ2v) is 5.88. The lowest BCUT2D eigenvalue weighted by Gasteiger charge is -1.99. The smallest absolute Gasteiger partial charge is 0.261 e. The second-order valence-electron chi connectivity index (χ2n) is 3.93. The van der Waals surface area contributed by atoms with Crippen LogP contribution in [0.4, 0.5) is 0 Å². The van der Waals surface area contributed by atoms with Crippen molar-refractivity contribution in [3.05, 3.63) is 50.9 Å². The summed E-state index contributed by atoms with van der Waals surface area (Å²) in [5.74, 6) is 1.05. The number of aromatic hydroxyl groups is 1. The van der Waals surface area contributed by atoms with E-state index in [1.807, 2.05) is 17.5 Å². The van der Waals surface area contributed by atoms with E-state index < -0.39 is 0 Å². The summed E-state index contributed by atoms with van der Waals surface area (Å²) in [4.78, 5) is 5.48. The fourth-order valence-corrected chi connectivity index (χ4v) is 2.75. The molecular formula is C13H9BrN2O2S. The minimum Gasteiger partial charge on any atom is -0.507 e. The molecule has 0 aliphatic rings. The number of phenolic OH excluding ortho intramolecular Hbond substituents is 1. The number of thiophene rings is 1. The van der Waals surface area contributed by atoms with Crippen LogP contribution in [0.2, 0.25) is 0 Å². The average Bonchev–Trinajstić information content (AvgIpc) is 3.04. The summed E-state index contributed by atoms with van der Waals surface area (Å²) < 4.78 is 6.04. The molecule has 19 heavy (non-hydrogen) atoms.